The van der Waals surface area contributed by atoms with Gasteiger partial charge in [0.2, 0.25) is 0 Å². The van der Waals surface area contributed by atoms with E-state index >= 15 is 0 Å². The molecule has 16 heavy (non-hydrogen) atoms. The van der Waals surface area contributed by atoms with Gasteiger partial charge in [0, 0.05) is 6.54 Å². The molecule has 0 aromatic carbocycles. The van der Waals surface area contributed by atoms with Crippen LogP contribution in [0.2, 0.25) is 0 Å². The Hall–Kier alpha value is -0.940. The monoisotopic (exact) mass is 225 g/mol. The molecule has 5 heteroatoms. The lowest BCUT2D eigenvalue weighted by molar-refractivity contribution is 0.448. The van der Waals surface area contributed by atoms with Crippen molar-refractivity contribution in [2.75, 3.05) is 26.2 Å². The Bertz CT molecular complexity index is 247. The van der Waals surface area contributed by atoms with Crippen molar-refractivity contribution < 1.29 is 0 Å². The molecular weight excluding hydrogens is 202 g/mol. The summed E-state index contributed by atoms with van der Waals surface area (Å²) in [7, 11) is 0. The molecular formula is C11H23N5. The third-order valence-corrected chi connectivity index (χ3v) is 2.46. The van der Waals surface area contributed by atoms with E-state index in [0.717, 1.165) is 26.2 Å². The maximum absolute atomic E-state index is 4.11. The zero-order valence-corrected chi connectivity index (χ0v) is 10.3. The summed E-state index contributed by atoms with van der Waals surface area (Å²) in [6.07, 6.45) is 5.71. The van der Waals surface area contributed by atoms with Gasteiger partial charge in [-0.3, -0.25) is 0 Å². The van der Waals surface area contributed by atoms with E-state index in [1.54, 1.807) is 12.7 Å². The molecule has 0 aliphatic rings. The molecule has 0 aliphatic heterocycles. The average Bonchev–Trinajstić information content (AvgIpc) is 2.81. The molecule has 5 nitrogen and oxygen atoms in total. The van der Waals surface area contributed by atoms with Gasteiger partial charge in [0.05, 0.1) is 6.04 Å². The molecule has 0 aliphatic carbocycles. The highest BCUT2D eigenvalue weighted by molar-refractivity contribution is 4.66. The van der Waals surface area contributed by atoms with Crippen LogP contribution in [0.4, 0.5) is 0 Å². The third kappa shape index (κ3) is 5.23. The molecule has 1 heterocycles. The average molecular weight is 225 g/mol. The van der Waals surface area contributed by atoms with Gasteiger partial charge >= 0.3 is 0 Å². The van der Waals surface area contributed by atoms with Crippen LogP contribution in [0, 0.1) is 0 Å². The van der Waals surface area contributed by atoms with Crippen molar-refractivity contribution in [3.8, 4) is 0 Å². The molecule has 0 saturated carbocycles. The second-order valence-corrected chi connectivity index (χ2v) is 4.03. The maximum Gasteiger partial charge on any atom is 0.137 e. The summed E-state index contributed by atoms with van der Waals surface area (Å²) in [5, 5.41) is 10.9. The normalized spacial score (nSPS) is 12.9. The first-order valence-corrected chi connectivity index (χ1v) is 6.10. The highest BCUT2D eigenvalue weighted by atomic mass is 15.3. The fourth-order valence-corrected chi connectivity index (χ4v) is 1.49. The molecule has 1 atom stereocenters. The van der Waals surface area contributed by atoms with Crippen molar-refractivity contribution in [3.05, 3.63) is 12.7 Å². The summed E-state index contributed by atoms with van der Waals surface area (Å²) in [4.78, 5) is 3.94. The predicted octanol–water partition coefficient (Wildman–Crippen LogP) is 0.818. The number of hydrogen-bond acceptors (Lipinski definition) is 4. The quantitative estimate of drug-likeness (QED) is 0.611. The first kappa shape index (κ1) is 13.1. The Kier molecular flexibility index (Phi) is 6.76. The first-order valence-electron chi connectivity index (χ1n) is 6.10. The Balaban J connectivity index is 1.95. The van der Waals surface area contributed by atoms with Crippen LogP contribution >= 0.6 is 0 Å². The summed E-state index contributed by atoms with van der Waals surface area (Å²) in [5.41, 5.74) is 0. The summed E-state index contributed by atoms with van der Waals surface area (Å²) in [5.74, 6) is 0. The van der Waals surface area contributed by atoms with Crippen molar-refractivity contribution >= 4 is 0 Å². The molecule has 2 N–H and O–H groups in total. The minimum absolute atomic E-state index is 0.367. The molecule has 0 spiro atoms. The summed E-state index contributed by atoms with van der Waals surface area (Å²) < 4.78 is 1.88. The SMILES string of the molecule is CCCNCCCNCC(C)n1cncn1. The highest BCUT2D eigenvalue weighted by Gasteiger charge is 2.02. The van der Waals surface area contributed by atoms with E-state index in [1.165, 1.54) is 12.8 Å². The molecule has 1 aromatic rings. The molecule has 0 bridgehead atoms. The van der Waals surface area contributed by atoms with Gasteiger partial charge in [0.15, 0.2) is 0 Å². The topological polar surface area (TPSA) is 54.8 Å². The minimum Gasteiger partial charge on any atom is -0.317 e. The molecule has 1 rings (SSSR count). The lowest BCUT2D eigenvalue weighted by Gasteiger charge is -2.12. The van der Waals surface area contributed by atoms with E-state index in [4.69, 9.17) is 0 Å². The fraction of sp³-hybridized carbons (Fsp3) is 0.818. The molecule has 1 aromatic heterocycles. The summed E-state index contributed by atoms with van der Waals surface area (Å²) in [6, 6.07) is 0.367. The Morgan fingerprint density at radius 2 is 2.06 bits per heavy atom. The van der Waals surface area contributed by atoms with E-state index in [2.05, 4.69) is 34.6 Å². The lowest BCUT2D eigenvalue weighted by atomic mass is 10.3. The molecule has 0 radical (unpaired) electrons. The van der Waals surface area contributed by atoms with Gasteiger partial charge < -0.3 is 10.6 Å². The van der Waals surface area contributed by atoms with Crippen LogP contribution in [0.1, 0.15) is 32.7 Å². The Morgan fingerprint density at radius 1 is 1.25 bits per heavy atom. The van der Waals surface area contributed by atoms with Crippen LogP contribution < -0.4 is 10.6 Å². The van der Waals surface area contributed by atoms with Gasteiger partial charge in [-0.2, -0.15) is 5.10 Å². The van der Waals surface area contributed by atoms with Crippen molar-refractivity contribution in [1.29, 1.82) is 0 Å². The predicted molar refractivity (Wildman–Crippen MR) is 65.4 cm³/mol. The molecule has 0 amide bonds. The Morgan fingerprint density at radius 3 is 2.75 bits per heavy atom. The minimum atomic E-state index is 0.367. The van der Waals surface area contributed by atoms with E-state index in [9.17, 15) is 0 Å². The maximum atomic E-state index is 4.11. The van der Waals surface area contributed by atoms with E-state index in [0.29, 0.717) is 6.04 Å². The zero-order valence-electron chi connectivity index (χ0n) is 10.3. The van der Waals surface area contributed by atoms with Crippen LogP contribution in [-0.2, 0) is 0 Å². The number of nitrogens with one attached hydrogen (secondary N) is 2. The zero-order chi connectivity index (χ0) is 11.6. The van der Waals surface area contributed by atoms with Gasteiger partial charge in [-0.05, 0) is 39.4 Å². The van der Waals surface area contributed by atoms with Crippen LogP contribution in [0.15, 0.2) is 12.7 Å². The van der Waals surface area contributed by atoms with Crippen molar-refractivity contribution in [3.63, 3.8) is 0 Å². The van der Waals surface area contributed by atoms with E-state index in [1.807, 2.05) is 4.68 Å². The molecule has 1 unspecified atom stereocenters. The third-order valence-electron chi connectivity index (χ3n) is 2.46. The van der Waals surface area contributed by atoms with E-state index < -0.39 is 0 Å². The summed E-state index contributed by atoms with van der Waals surface area (Å²) in [6.45, 7) is 8.53. The first-order chi connectivity index (χ1) is 7.84. The number of rotatable bonds is 9. The van der Waals surface area contributed by atoms with Crippen LogP contribution in [0.5, 0.6) is 0 Å². The standard InChI is InChI=1S/C11H23N5/c1-3-5-12-6-4-7-13-8-11(2)16-10-14-9-15-16/h9-13H,3-8H2,1-2H3. The fourth-order valence-electron chi connectivity index (χ4n) is 1.49. The van der Waals surface area contributed by atoms with E-state index in [-0.39, 0.29) is 0 Å². The number of hydrogen-bond donors (Lipinski definition) is 2. The summed E-state index contributed by atoms with van der Waals surface area (Å²) >= 11 is 0. The highest BCUT2D eigenvalue weighted by Crippen LogP contribution is 1.98. The number of nitrogens with zero attached hydrogens (tertiary/aromatic N) is 3. The van der Waals surface area contributed by atoms with Gasteiger partial charge in [0.1, 0.15) is 12.7 Å². The van der Waals surface area contributed by atoms with Gasteiger partial charge in [-0.25, -0.2) is 9.67 Å². The lowest BCUT2D eigenvalue weighted by Crippen LogP contribution is -2.27. The molecule has 0 saturated heterocycles. The Labute approximate surface area is 97.6 Å². The number of aromatic nitrogens is 3. The van der Waals surface area contributed by atoms with Crippen LogP contribution in [-0.4, -0.2) is 40.9 Å². The van der Waals surface area contributed by atoms with Crippen molar-refractivity contribution in [2.45, 2.75) is 32.7 Å². The van der Waals surface area contributed by atoms with Gasteiger partial charge in [0.25, 0.3) is 0 Å². The van der Waals surface area contributed by atoms with Crippen LogP contribution in [0.25, 0.3) is 0 Å². The van der Waals surface area contributed by atoms with Crippen molar-refractivity contribution in [2.24, 2.45) is 0 Å². The van der Waals surface area contributed by atoms with Crippen molar-refractivity contribution in [1.82, 2.24) is 25.4 Å². The largest absolute Gasteiger partial charge is 0.317 e. The van der Waals surface area contributed by atoms with Gasteiger partial charge in [-0.15, -0.1) is 0 Å². The second kappa shape index (κ2) is 8.24. The smallest absolute Gasteiger partial charge is 0.137 e. The molecule has 92 valence electrons. The molecule has 0 fully saturated rings. The van der Waals surface area contributed by atoms with Crippen LogP contribution in [0.3, 0.4) is 0 Å². The van der Waals surface area contributed by atoms with Gasteiger partial charge in [-0.1, -0.05) is 6.92 Å². The second-order valence-electron chi connectivity index (χ2n) is 4.03.